The van der Waals surface area contributed by atoms with Crippen LogP contribution in [0.1, 0.15) is 57.2 Å². The number of thiophene rings is 2. The van der Waals surface area contributed by atoms with Gasteiger partial charge in [0.25, 0.3) is 0 Å². The van der Waals surface area contributed by atoms with E-state index >= 15 is 0 Å². The fourth-order valence-corrected chi connectivity index (χ4v) is 4.38. The van der Waals surface area contributed by atoms with Crippen LogP contribution in [0.2, 0.25) is 0 Å². The molecule has 105 valence electrons. The summed E-state index contributed by atoms with van der Waals surface area (Å²) in [6.07, 6.45) is 7.05. The SMILES string of the molecule is C[CH]CCC(C)c1cc2sc(OCCCC)cc2s1. The van der Waals surface area contributed by atoms with Crippen molar-refractivity contribution >= 4 is 32.1 Å². The van der Waals surface area contributed by atoms with Gasteiger partial charge in [0.15, 0.2) is 5.06 Å². The van der Waals surface area contributed by atoms with E-state index in [1.165, 1.54) is 33.5 Å². The first kappa shape index (κ1) is 14.9. The van der Waals surface area contributed by atoms with Gasteiger partial charge in [-0.25, -0.2) is 0 Å². The van der Waals surface area contributed by atoms with Gasteiger partial charge in [0, 0.05) is 20.3 Å². The molecule has 0 bridgehead atoms. The van der Waals surface area contributed by atoms with Crippen molar-refractivity contribution in [2.75, 3.05) is 6.61 Å². The Kier molecular flexibility index (Phi) is 5.71. The van der Waals surface area contributed by atoms with Crippen molar-refractivity contribution in [1.29, 1.82) is 0 Å². The number of hydrogen-bond acceptors (Lipinski definition) is 3. The highest BCUT2D eigenvalue weighted by molar-refractivity contribution is 7.28. The van der Waals surface area contributed by atoms with Crippen LogP contribution in [-0.2, 0) is 0 Å². The van der Waals surface area contributed by atoms with E-state index in [0.717, 1.165) is 18.1 Å². The van der Waals surface area contributed by atoms with Crippen molar-refractivity contribution in [2.24, 2.45) is 0 Å². The summed E-state index contributed by atoms with van der Waals surface area (Å²) < 4.78 is 8.55. The lowest BCUT2D eigenvalue weighted by atomic mass is 10.0. The molecule has 0 aliphatic carbocycles. The normalized spacial score (nSPS) is 13.0. The van der Waals surface area contributed by atoms with E-state index in [0.29, 0.717) is 5.92 Å². The molecular weight excluding hydrogens is 272 g/mol. The molecule has 1 unspecified atom stereocenters. The van der Waals surface area contributed by atoms with E-state index in [4.69, 9.17) is 4.74 Å². The summed E-state index contributed by atoms with van der Waals surface area (Å²) in [4.78, 5) is 1.52. The second-order valence-electron chi connectivity index (χ2n) is 5.03. The van der Waals surface area contributed by atoms with Gasteiger partial charge in [0.2, 0.25) is 0 Å². The van der Waals surface area contributed by atoms with E-state index < -0.39 is 0 Å². The molecule has 2 aromatic heterocycles. The molecule has 0 fully saturated rings. The molecule has 0 N–H and O–H groups in total. The van der Waals surface area contributed by atoms with Crippen LogP contribution < -0.4 is 4.74 Å². The molecule has 1 radical (unpaired) electrons. The van der Waals surface area contributed by atoms with Crippen molar-refractivity contribution in [3.05, 3.63) is 23.4 Å². The summed E-state index contributed by atoms with van der Waals surface area (Å²) in [6.45, 7) is 7.51. The number of ether oxygens (including phenoxy) is 1. The Bertz CT molecular complexity index is 466. The Morgan fingerprint density at radius 3 is 2.74 bits per heavy atom. The largest absolute Gasteiger partial charge is 0.484 e. The molecule has 1 nitrogen and oxygen atoms in total. The predicted octanol–water partition coefficient (Wildman–Crippen LogP) is 6.25. The van der Waals surface area contributed by atoms with Gasteiger partial charge in [-0.2, -0.15) is 0 Å². The predicted molar refractivity (Wildman–Crippen MR) is 87.7 cm³/mol. The molecule has 19 heavy (non-hydrogen) atoms. The first-order chi connectivity index (χ1) is 9.24. The number of fused-ring (bicyclic) bond motifs is 1. The second kappa shape index (κ2) is 7.30. The van der Waals surface area contributed by atoms with Gasteiger partial charge in [-0.05, 0) is 37.7 Å². The summed E-state index contributed by atoms with van der Waals surface area (Å²) in [7, 11) is 0. The van der Waals surface area contributed by atoms with Crippen LogP contribution in [-0.4, -0.2) is 6.61 Å². The molecule has 0 spiro atoms. The molecule has 1 atom stereocenters. The minimum absolute atomic E-state index is 0.672. The topological polar surface area (TPSA) is 9.23 Å². The minimum Gasteiger partial charge on any atom is -0.484 e. The molecule has 0 aliphatic heterocycles. The Morgan fingerprint density at radius 1 is 1.26 bits per heavy atom. The Morgan fingerprint density at radius 2 is 2.05 bits per heavy atom. The zero-order valence-corrected chi connectivity index (χ0v) is 13.7. The molecule has 0 amide bonds. The first-order valence-corrected chi connectivity index (χ1v) is 8.81. The number of hydrogen-bond donors (Lipinski definition) is 0. The molecule has 2 aromatic rings. The van der Waals surface area contributed by atoms with Crippen molar-refractivity contribution in [2.45, 2.75) is 52.4 Å². The molecule has 0 saturated heterocycles. The molecule has 0 saturated carbocycles. The van der Waals surface area contributed by atoms with Gasteiger partial charge in [0.05, 0.1) is 6.61 Å². The Labute approximate surface area is 124 Å². The maximum Gasteiger partial charge on any atom is 0.175 e. The third-order valence-electron chi connectivity index (χ3n) is 3.32. The van der Waals surface area contributed by atoms with Gasteiger partial charge < -0.3 is 4.74 Å². The Balaban J connectivity index is 2.00. The standard InChI is InChI=1S/C16H23OS2/c1-4-6-8-12(3)13-10-14-15(18-13)11-16(19-14)17-9-7-5-2/h4,10-12H,5-9H2,1-3H3. The van der Waals surface area contributed by atoms with E-state index in [-0.39, 0.29) is 0 Å². The average Bonchev–Trinajstić information content (AvgIpc) is 2.94. The van der Waals surface area contributed by atoms with Crippen LogP contribution in [0.5, 0.6) is 5.06 Å². The van der Waals surface area contributed by atoms with Crippen molar-refractivity contribution in [3.63, 3.8) is 0 Å². The highest BCUT2D eigenvalue weighted by Crippen LogP contribution is 2.40. The molecule has 2 heterocycles. The summed E-state index contributed by atoms with van der Waals surface area (Å²) in [6, 6.07) is 4.57. The van der Waals surface area contributed by atoms with Crippen LogP contribution in [0.15, 0.2) is 12.1 Å². The molecule has 3 heteroatoms. The summed E-state index contributed by atoms with van der Waals surface area (Å²) in [5.41, 5.74) is 0. The van der Waals surface area contributed by atoms with Crippen molar-refractivity contribution in [3.8, 4) is 5.06 Å². The maximum absolute atomic E-state index is 5.78. The quantitative estimate of drug-likeness (QED) is 0.523. The van der Waals surface area contributed by atoms with Crippen LogP contribution in [0.3, 0.4) is 0 Å². The number of rotatable bonds is 8. The maximum atomic E-state index is 5.78. The lowest BCUT2D eigenvalue weighted by Crippen LogP contribution is -1.93. The van der Waals surface area contributed by atoms with Crippen LogP contribution >= 0.6 is 22.7 Å². The van der Waals surface area contributed by atoms with Crippen molar-refractivity contribution in [1.82, 2.24) is 0 Å². The summed E-state index contributed by atoms with van der Waals surface area (Å²) >= 11 is 3.72. The van der Waals surface area contributed by atoms with E-state index in [2.05, 4.69) is 39.3 Å². The van der Waals surface area contributed by atoms with Gasteiger partial charge in [-0.1, -0.05) is 38.5 Å². The van der Waals surface area contributed by atoms with Gasteiger partial charge in [-0.3, -0.25) is 0 Å². The fourth-order valence-electron chi connectivity index (χ4n) is 2.02. The van der Waals surface area contributed by atoms with E-state index in [1.54, 1.807) is 11.3 Å². The molecule has 2 rings (SSSR count). The zero-order chi connectivity index (χ0) is 13.7. The van der Waals surface area contributed by atoms with Crippen LogP contribution in [0.25, 0.3) is 9.40 Å². The number of unbranched alkanes of at least 4 members (excludes halogenated alkanes) is 2. The Hall–Kier alpha value is -0.540. The smallest absolute Gasteiger partial charge is 0.175 e. The second-order valence-corrected chi connectivity index (χ2v) is 7.19. The van der Waals surface area contributed by atoms with Crippen molar-refractivity contribution < 1.29 is 4.74 Å². The fraction of sp³-hybridized carbons (Fsp3) is 0.562. The summed E-state index contributed by atoms with van der Waals surface area (Å²) in [5, 5.41) is 1.08. The summed E-state index contributed by atoms with van der Waals surface area (Å²) in [5.74, 6) is 0.672. The highest BCUT2D eigenvalue weighted by Gasteiger charge is 2.12. The molecular formula is C16H23OS2. The lowest BCUT2D eigenvalue weighted by molar-refractivity contribution is 0.318. The first-order valence-electron chi connectivity index (χ1n) is 7.18. The molecule has 0 aromatic carbocycles. The highest BCUT2D eigenvalue weighted by atomic mass is 32.1. The average molecular weight is 295 g/mol. The van der Waals surface area contributed by atoms with Crippen LogP contribution in [0, 0.1) is 6.42 Å². The zero-order valence-electron chi connectivity index (χ0n) is 12.1. The minimum atomic E-state index is 0.672. The third kappa shape index (κ3) is 3.96. The van der Waals surface area contributed by atoms with Gasteiger partial charge >= 0.3 is 0 Å². The van der Waals surface area contributed by atoms with E-state index in [1.807, 2.05) is 11.3 Å². The monoisotopic (exact) mass is 295 g/mol. The third-order valence-corrected chi connectivity index (χ3v) is 5.76. The van der Waals surface area contributed by atoms with Gasteiger partial charge in [0.1, 0.15) is 0 Å². The van der Waals surface area contributed by atoms with Gasteiger partial charge in [-0.15, -0.1) is 11.3 Å². The van der Waals surface area contributed by atoms with E-state index in [9.17, 15) is 0 Å². The lowest BCUT2D eigenvalue weighted by Gasteiger charge is -2.07. The van der Waals surface area contributed by atoms with Crippen LogP contribution in [0.4, 0.5) is 0 Å². The molecule has 0 aliphatic rings.